The summed E-state index contributed by atoms with van der Waals surface area (Å²) in [5.41, 5.74) is 1.26. The zero-order valence-electron chi connectivity index (χ0n) is 14.2. The van der Waals surface area contributed by atoms with Gasteiger partial charge in [0, 0.05) is 24.4 Å². The Morgan fingerprint density at radius 1 is 1.04 bits per heavy atom. The van der Waals surface area contributed by atoms with Crippen molar-refractivity contribution in [3.63, 3.8) is 0 Å². The maximum Gasteiger partial charge on any atom is 0.243 e. The molecule has 0 heterocycles. The Balaban J connectivity index is 2.48. The van der Waals surface area contributed by atoms with Gasteiger partial charge in [-0.3, -0.25) is 0 Å². The summed E-state index contributed by atoms with van der Waals surface area (Å²) in [7, 11) is -7.35. The first-order valence-electron chi connectivity index (χ1n) is 7.61. The minimum absolute atomic E-state index is 0.000645. The van der Waals surface area contributed by atoms with Gasteiger partial charge in [0.15, 0.2) is 9.84 Å². The molecule has 0 aliphatic carbocycles. The van der Waals surface area contributed by atoms with Crippen LogP contribution >= 0.6 is 11.6 Å². The van der Waals surface area contributed by atoms with Crippen LogP contribution in [0, 0.1) is 6.92 Å². The van der Waals surface area contributed by atoms with E-state index in [2.05, 4.69) is 0 Å². The zero-order chi connectivity index (χ0) is 18.8. The second kappa shape index (κ2) is 7.45. The van der Waals surface area contributed by atoms with Crippen molar-refractivity contribution in [2.75, 3.05) is 12.8 Å². The van der Waals surface area contributed by atoms with Crippen molar-refractivity contribution in [3.05, 3.63) is 58.6 Å². The van der Waals surface area contributed by atoms with Crippen molar-refractivity contribution in [1.29, 1.82) is 0 Å². The molecule has 2 rings (SSSR count). The molecular weight excluding hydrogens is 382 g/mol. The highest BCUT2D eigenvalue weighted by atomic mass is 35.5. The van der Waals surface area contributed by atoms with E-state index in [1.807, 2.05) is 0 Å². The van der Waals surface area contributed by atoms with Gasteiger partial charge in [0.1, 0.15) is 0 Å². The van der Waals surface area contributed by atoms with Gasteiger partial charge in [-0.05, 0) is 42.3 Å². The molecule has 0 fully saturated rings. The van der Waals surface area contributed by atoms with E-state index in [-0.39, 0.29) is 22.9 Å². The Morgan fingerprint density at radius 3 is 2.28 bits per heavy atom. The Kier molecular flexibility index (Phi) is 5.93. The minimum atomic E-state index is -3.85. The second-order valence-corrected chi connectivity index (χ2v) is 10.1. The summed E-state index contributed by atoms with van der Waals surface area (Å²) in [6, 6.07) is 11.1. The molecule has 0 aliphatic heterocycles. The van der Waals surface area contributed by atoms with Crippen molar-refractivity contribution in [1.82, 2.24) is 4.31 Å². The lowest BCUT2D eigenvalue weighted by Crippen LogP contribution is -2.31. The summed E-state index contributed by atoms with van der Waals surface area (Å²) in [4.78, 5) is -0.0187. The van der Waals surface area contributed by atoms with Crippen LogP contribution in [0.4, 0.5) is 0 Å². The largest absolute Gasteiger partial charge is 0.243 e. The molecule has 8 heteroatoms. The van der Waals surface area contributed by atoms with Gasteiger partial charge in [-0.15, -0.1) is 0 Å². The number of halogens is 1. The molecule has 0 N–H and O–H groups in total. The molecule has 0 amide bonds. The molecule has 0 spiro atoms. The summed E-state index contributed by atoms with van der Waals surface area (Å²) in [5, 5.41) is 0.529. The topological polar surface area (TPSA) is 71.5 Å². The summed E-state index contributed by atoms with van der Waals surface area (Å²) < 4.78 is 50.9. The van der Waals surface area contributed by atoms with Crippen molar-refractivity contribution in [2.45, 2.75) is 30.2 Å². The molecule has 0 unspecified atom stereocenters. The third-order valence-corrected chi connectivity index (χ3v) is 7.21. The fraction of sp³-hybridized carbons (Fsp3) is 0.294. The highest BCUT2D eigenvalue weighted by Gasteiger charge is 2.26. The monoisotopic (exact) mass is 401 g/mol. The van der Waals surface area contributed by atoms with Crippen molar-refractivity contribution < 1.29 is 16.8 Å². The van der Waals surface area contributed by atoms with Gasteiger partial charge in [-0.2, -0.15) is 4.31 Å². The molecule has 5 nitrogen and oxygen atoms in total. The molecule has 136 valence electrons. The number of rotatable bonds is 6. The van der Waals surface area contributed by atoms with E-state index in [1.165, 1.54) is 22.5 Å². The van der Waals surface area contributed by atoms with Crippen molar-refractivity contribution in [3.8, 4) is 0 Å². The van der Waals surface area contributed by atoms with Gasteiger partial charge >= 0.3 is 0 Å². The summed E-state index contributed by atoms with van der Waals surface area (Å²) in [6.07, 6.45) is 1.05. The molecule has 0 radical (unpaired) electrons. The van der Waals surface area contributed by atoms with Crippen LogP contribution in [0.15, 0.2) is 52.3 Å². The molecule has 0 atom stereocenters. The van der Waals surface area contributed by atoms with Crippen LogP contribution in [-0.4, -0.2) is 33.9 Å². The number of hydrogen-bond acceptors (Lipinski definition) is 4. The van der Waals surface area contributed by atoms with Gasteiger partial charge in [0.05, 0.1) is 9.79 Å². The van der Waals surface area contributed by atoms with Crippen LogP contribution in [0.5, 0.6) is 0 Å². The van der Waals surface area contributed by atoms with Gasteiger partial charge < -0.3 is 0 Å². The summed E-state index contributed by atoms with van der Waals surface area (Å²) >= 11 is 5.96. The molecule has 0 saturated heterocycles. The van der Waals surface area contributed by atoms with Crippen LogP contribution in [-0.2, 0) is 26.4 Å². The van der Waals surface area contributed by atoms with E-state index in [4.69, 9.17) is 11.6 Å². The average molecular weight is 402 g/mol. The number of aryl methyl sites for hydroxylation is 1. The third kappa shape index (κ3) is 4.61. The standard InChI is InChI=1S/C17H20ClNO4S2/c1-4-19(12-14-6-5-7-15(18)10-14)25(22,23)17-11-16(24(3,20)21)9-8-13(17)2/h5-11H,4,12H2,1-3H3. The maximum absolute atomic E-state index is 13.1. The molecule has 0 aromatic heterocycles. The second-order valence-electron chi connectivity index (χ2n) is 5.76. The molecule has 2 aromatic rings. The van der Waals surface area contributed by atoms with Crippen molar-refractivity contribution in [2.24, 2.45) is 0 Å². The van der Waals surface area contributed by atoms with Gasteiger partial charge in [-0.1, -0.05) is 36.7 Å². The normalized spacial score (nSPS) is 12.5. The fourth-order valence-corrected chi connectivity index (χ4v) is 5.06. The Labute approximate surface area is 154 Å². The molecular formula is C17H20ClNO4S2. The highest BCUT2D eigenvalue weighted by molar-refractivity contribution is 7.91. The quantitative estimate of drug-likeness (QED) is 0.744. The molecule has 0 bridgehead atoms. The van der Waals surface area contributed by atoms with Crippen LogP contribution in [0.1, 0.15) is 18.1 Å². The summed E-state index contributed by atoms with van der Waals surface area (Å²) in [5.74, 6) is 0. The molecule has 2 aromatic carbocycles. The first-order valence-corrected chi connectivity index (χ1v) is 11.3. The number of sulfonamides is 1. The predicted octanol–water partition coefficient (Wildman–Crippen LogP) is 3.26. The number of nitrogens with zero attached hydrogens (tertiary/aromatic N) is 1. The van der Waals surface area contributed by atoms with E-state index in [9.17, 15) is 16.8 Å². The number of benzene rings is 2. The van der Waals surface area contributed by atoms with Crippen LogP contribution in [0.2, 0.25) is 5.02 Å². The van der Waals surface area contributed by atoms with E-state index < -0.39 is 19.9 Å². The molecule has 0 aliphatic rings. The SMILES string of the molecule is CCN(Cc1cccc(Cl)c1)S(=O)(=O)c1cc(S(C)(=O)=O)ccc1C. The lowest BCUT2D eigenvalue weighted by Gasteiger charge is -2.22. The Bertz CT molecular complexity index is 985. The number of sulfone groups is 1. The number of hydrogen-bond donors (Lipinski definition) is 0. The van der Waals surface area contributed by atoms with E-state index in [0.717, 1.165) is 11.8 Å². The maximum atomic E-state index is 13.1. The Hall–Kier alpha value is -1.41. The van der Waals surface area contributed by atoms with E-state index in [1.54, 1.807) is 38.1 Å². The predicted molar refractivity (Wildman–Crippen MR) is 99.0 cm³/mol. The third-order valence-electron chi connectivity index (χ3n) is 3.81. The fourth-order valence-electron chi connectivity index (χ4n) is 2.43. The highest BCUT2D eigenvalue weighted by Crippen LogP contribution is 2.25. The first-order chi connectivity index (χ1) is 11.6. The lowest BCUT2D eigenvalue weighted by atomic mass is 10.2. The molecule has 25 heavy (non-hydrogen) atoms. The first kappa shape index (κ1) is 19.9. The minimum Gasteiger partial charge on any atom is -0.224 e. The van der Waals surface area contributed by atoms with Crippen LogP contribution in [0.3, 0.4) is 0 Å². The van der Waals surface area contributed by atoms with Crippen molar-refractivity contribution >= 4 is 31.5 Å². The van der Waals surface area contributed by atoms with Crippen LogP contribution < -0.4 is 0 Å². The average Bonchev–Trinajstić information content (AvgIpc) is 2.51. The van der Waals surface area contributed by atoms with Gasteiger partial charge in [0.25, 0.3) is 0 Å². The molecule has 0 saturated carbocycles. The zero-order valence-corrected chi connectivity index (χ0v) is 16.6. The van der Waals surface area contributed by atoms with Gasteiger partial charge in [-0.25, -0.2) is 16.8 Å². The Morgan fingerprint density at radius 2 is 1.72 bits per heavy atom. The lowest BCUT2D eigenvalue weighted by molar-refractivity contribution is 0.423. The van der Waals surface area contributed by atoms with Gasteiger partial charge in [0.2, 0.25) is 10.0 Å². The van der Waals surface area contributed by atoms with Crippen LogP contribution in [0.25, 0.3) is 0 Å². The van der Waals surface area contributed by atoms with E-state index in [0.29, 0.717) is 10.6 Å². The summed E-state index contributed by atoms with van der Waals surface area (Å²) in [6.45, 7) is 3.78. The smallest absolute Gasteiger partial charge is 0.224 e. The van der Waals surface area contributed by atoms with E-state index >= 15 is 0 Å².